The largest absolute Gasteiger partial charge is 0.480 e. The standard InChI is InChI=1S/C17H19NO2S/c19-17(20)14-9-4-5-11-18(14)16(15-10-6-12-21-15)13-7-2-1-3-8-13/h1-3,6-8,10,12,14,16H,4-5,9,11H2,(H,19,20). The maximum absolute atomic E-state index is 11.6. The number of carbonyl (C=O) groups is 1. The van der Waals surface area contributed by atoms with Crippen molar-refractivity contribution in [3.8, 4) is 0 Å². The van der Waals surface area contributed by atoms with Gasteiger partial charge in [-0.25, -0.2) is 0 Å². The number of hydrogen-bond donors (Lipinski definition) is 1. The van der Waals surface area contributed by atoms with Gasteiger partial charge in [-0.3, -0.25) is 9.69 Å². The molecular weight excluding hydrogens is 282 g/mol. The Labute approximate surface area is 128 Å². The Morgan fingerprint density at radius 3 is 2.67 bits per heavy atom. The summed E-state index contributed by atoms with van der Waals surface area (Å²) in [6, 6.07) is 14.0. The number of hydrogen-bond acceptors (Lipinski definition) is 3. The monoisotopic (exact) mass is 301 g/mol. The number of likely N-dealkylation sites (tertiary alicyclic amines) is 1. The van der Waals surface area contributed by atoms with Gasteiger partial charge < -0.3 is 5.11 Å². The van der Waals surface area contributed by atoms with E-state index >= 15 is 0 Å². The summed E-state index contributed by atoms with van der Waals surface area (Å²) < 4.78 is 0. The summed E-state index contributed by atoms with van der Waals surface area (Å²) in [5.74, 6) is -0.702. The average molecular weight is 301 g/mol. The van der Waals surface area contributed by atoms with Gasteiger partial charge >= 0.3 is 5.97 Å². The zero-order chi connectivity index (χ0) is 14.7. The predicted molar refractivity (Wildman–Crippen MR) is 84.6 cm³/mol. The van der Waals surface area contributed by atoms with Crippen LogP contribution < -0.4 is 0 Å². The van der Waals surface area contributed by atoms with Crippen LogP contribution in [-0.4, -0.2) is 28.6 Å². The SMILES string of the molecule is O=C(O)C1CCCCN1C(c1ccccc1)c1cccs1. The lowest BCUT2D eigenvalue weighted by atomic mass is 9.95. The molecule has 1 aliphatic rings. The number of aliphatic carboxylic acids is 1. The Morgan fingerprint density at radius 1 is 1.19 bits per heavy atom. The van der Waals surface area contributed by atoms with Crippen LogP contribution >= 0.6 is 11.3 Å². The van der Waals surface area contributed by atoms with E-state index in [-0.39, 0.29) is 12.1 Å². The molecule has 110 valence electrons. The topological polar surface area (TPSA) is 40.5 Å². The lowest BCUT2D eigenvalue weighted by Gasteiger charge is -2.39. The van der Waals surface area contributed by atoms with E-state index < -0.39 is 5.97 Å². The minimum atomic E-state index is -0.702. The highest BCUT2D eigenvalue weighted by Crippen LogP contribution is 2.36. The normalized spacial score (nSPS) is 21.0. The van der Waals surface area contributed by atoms with E-state index in [0.29, 0.717) is 0 Å². The second-order valence-corrected chi connectivity index (χ2v) is 6.40. The minimum absolute atomic E-state index is 0.0487. The number of carboxylic acid groups (broad SMARTS) is 1. The first-order valence-electron chi connectivity index (χ1n) is 7.34. The van der Waals surface area contributed by atoms with Crippen molar-refractivity contribution in [3.05, 3.63) is 58.3 Å². The molecule has 0 saturated carbocycles. The van der Waals surface area contributed by atoms with Crippen molar-refractivity contribution in [1.29, 1.82) is 0 Å². The molecule has 0 amide bonds. The maximum Gasteiger partial charge on any atom is 0.320 e. The molecule has 3 nitrogen and oxygen atoms in total. The van der Waals surface area contributed by atoms with Gasteiger partial charge in [-0.2, -0.15) is 0 Å². The molecule has 1 N–H and O–H groups in total. The third-order valence-electron chi connectivity index (χ3n) is 4.09. The summed E-state index contributed by atoms with van der Waals surface area (Å²) in [5.41, 5.74) is 1.17. The van der Waals surface area contributed by atoms with Crippen molar-refractivity contribution in [2.75, 3.05) is 6.54 Å². The van der Waals surface area contributed by atoms with Crippen molar-refractivity contribution in [2.24, 2.45) is 0 Å². The molecule has 1 saturated heterocycles. The van der Waals surface area contributed by atoms with E-state index in [9.17, 15) is 9.90 Å². The van der Waals surface area contributed by atoms with E-state index in [4.69, 9.17) is 0 Å². The van der Waals surface area contributed by atoms with Crippen molar-refractivity contribution < 1.29 is 9.90 Å². The van der Waals surface area contributed by atoms with Crippen LogP contribution in [0.1, 0.15) is 35.7 Å². The molecular formula is C17H19NO2S. The third kappa shape index (κ3) is 3.01. The molecule has 1 aliphatic heterocycles. The number of nitrogens with zero attached hydrogens (tertiary/aromatic N) is 1. The number of piperidine rings is 1. The van der Waals surface area contributed by atoms with Gasteiger partial charge in [-0.05, 0) is 36.4 Å². The van der Waals surface area contributed by atoms with E-state index in [1.165, 1.54) is 10.4 Å². The van der Waals surface area contributed by atoms with Gasteiger partial charge in [0.15, 0.2) is 0 Å². The molecule has 1 fully saturated rings. The molecule has 4 heteroatoms. The summed E-state index contributed by atoms with van der Waals surface area (Å²) in [7, 11) is 0. The Balaban J connectivity index is 2.00. The number of benzene rings is 1. The fourth-order valence-corrected chi connectivity index (χ4v) is 4.00. The summed E-state index contributed by atoms with van der Waals surface area (Å²) in [6.45, 7) is 0.842. The average Bonchev–Trinajstić information content (AvgIpc) is 3.03. The second kappa shape index (κ2) is 6.41. The van der Waals surface area contributed by atoms with E-state index in [0.717, 1.165) is 25.8 Å². The van der Waals surface area contributed by atoms with Crippen LogP contribution in [0.3, 0.4) is 0 Å². The quantitative estimate of drug-likeness (QED) is 0.934. The summed E-state index contributed by atoms with van der Waals surface area (Å²) in [5, 5.41) is 11.6. The molecule has 1 aromatic heterocycles. The Morgan fingerprint density at radius 2 is 2.00 bits per heavy atom. The lowest BCUT2D eigenvalue weighted by molar-refractivity contribution is -0.145. The smallest absolute Gasteiger partial charge is 0.320 e. The lowest BCUT2D eigenvalue weighted by Crippen LogP contribution is -2.46. The molecule has 21 heavy (non-hydrogen) atoms. The van der Waals surface area contributed by atoms with Gasteiger partial charge in [-0.15, -0.1) is 11.3 Å². The first-order valence-corrected chi connectivity index (χ1v) is 8.22. The van der Waals surface area contributed by atoms with Gasteiger partial charge in [0.2, 0.25) is 0 Å². The van der Waals surface area contributed by atoms with Gasteiger partial charge in [0.1, 0.15) is 6.04 Å². The molecule has 3 rings (SSSR count). The van der Waals surface area contributed by atoms with Crippen molar-refractivity contribution in [2.45, 2.75) is 31.3 Å². The molecule has 2 atom stereocenters. The van der Waals surface area contributed by atoms with Crippen molar-refractivity contribution in [1.82, 2.24) is 4.90 Å². The summed E-state index contributed by atoms with van der Waals surface area (Å²) in [6.07, 6.45) is 2.81. The van der Waals surface area contributed by atoms with Crippen molar-refractivity contribution >= 4 is 17.3 Å². The van der Waals surface area contributed by atoms with E-state index in [1.54, 1.807) is 11.3 Å². The Hall–Kier alpha value is -1.65. The fourth-order valence-electron chi connectivity index (χ4n) is 3.13. The molecule has 0 bridgehead atoms. The highest BCUT2D eigenvalue weighted by Gasteiger charge is 2.35. The van der Waals surface area contributed by atoms with Crippen LogP contribution in [0.4, 0.5) is 0 Å². The number of carboxylic acids is 1. The number of rotatable bonds is 4. The van der Waals surface area contributed by atoms with Crippen LogP contribution in [0, 0.1) is 0 Å². The summed E-state index contributed by atoms with van der Waals surface area (Å²) >= 11 is 1.70. The maximum atomic E-state index is 11.6. The highest BCUT2D eigenvalue weighted by molar-refractivity contribution is 7.10. The first-order chi connectivity index (χ1) is 10.3. The van der Waals surface area contributed by atoms with Gasteiger partial charge in [-0.1, -0.05) is 42.8 Å². The zero-order valence-corrected chi connectivity index (χ0v) is 12.6. The van der Waals surface area contributed by atoms with Gasteiger partial charge in [0.25, 0.3) is 0 Å². The molecule has 2 heterocycles. The molecule has 0 spiro atoms. The Kier molecular flexibility index (Phi) is 4.36. The Bertz CT molecular complexity index is 582. The van der Waals surface area contributed by atoms with Crippen LogP contribution in [0.2, 0.25) is 0 Å². The van der Waals surface area contributed by atoms with Crippen LogP contribution in [-0.2, 0) is 4.79 Å². The number of thiophene rings is 1. The van der Waals surface area contributed by atoms with Crippen LogP contribution in [0.15, 0.2) is 47.8 Å². The van der Waals surface area contributed by atoms with E-state index in [1.807, 2.05) is 24.3 Å². The second-order valence-electron chi connectivity index (χ2n) is 5.42. The van der Waals surface area contributed by atoms with Crippen LogP contribution in [0.25, 0.3) is 0 Å². The van der Waals surface area contributed by atoms with Crippen LogP contribution in [0.5, 0.6) is 0 Å². The fraction of sp³-hybridized carbons (Fsp3) is 0.353. The van der Waals surface area contributed by atoms with Gasteiger partial charge in [0.05, 0.1) is 6.04 Å². The highest BCUT2D eigenvalue weighted by atomic mass is 32.1. The first kappa shape index (κ1) is 14.3. The minimum Gasteiger partial charge on any atom is -0.480 e. The van der Waals surface area contributed by atoms with Crippen molar-refractivity contribution in [3.63, 3.8) is 0 Å². The molecule has 2 unspecified atom stereocenters. The molecule has 0 aliphatic carbocycles. The zero-order valence-electron chi connectivity index (χ0n) is 11.8. The molecule has 1 aromatic carbocycles. The summed E-state index contributed by atoms with van der Waals surface area (Å²) in [4.78, 5) is 15.0. The third-order valence-corrected chi connectivity index (χ3v) is 5.01. The predicted octanol–water partition coefficient (Wildman–Crippen LogP) is 3.78. The van der Waals surface area contributed by atoms with E-state index in [2.05, 4.69) is 28.5 Å². The molecule has 2 aromatic rings. The van der Waals surface area contributed by atoms with Gasteiger partial charge in [0, 0.05) is 4.88 Å². The molecule has 0 radical (unpaired) electrons.